The summed E-state index contributed by atoms with van der Waals surface area (Å²) in [5.74, 6) is 6.22. The van der Waals surface area contributed by atoms with E-state index in [9.17, 15) is 4.79 Å². The van der Waals surface area contributed by atoms with Crippen molar-refractivity contribution in [2.75, 3.05) is 6.61 Å². The van der Waals surface area contributed by atoms with Crippen LogP contribution in [0.4, 0.5) is 0 Å². The van der Waals surface area contributed by atoms with E-state index in [0.29, 0.717) is 34.9 Å². The molecule has 20 heavy (non-hydrogen) atoms. The Morgan fingerprint density at radius 1 is 1.60 bits per heavy atom. The molecule has 2 rings (SSSR count). The first-order chi connectivity index (χ1) is 9.70. The Balaban J connectivity index is 1.99. The number of hydrogen-bond donors (Lipinski definition) is 2. The van der Waals surface area contributed by atoms with Crippen LogP contribution in [-0.2, 0) is 6.54 Å². The number of thiophene rings is 1. The summed E-state index contributed by atoms with van der Waals surface area (Å²) in [5.41, 5.74) is 1.36. The van der Waals surface area contributed by atoms with Crippen LogP contribution in [0.25, 0.3) is 0 Å². The van der Waals surface area contributed by atoms with E-state index in [0.717, 1.165) is 0 Å². The molecule has 0 saturated heterocycles. The van der Waals surface area contributed by atoms with Gasteiger partial charge in [-0.1, -0.05) is 17.0 Å². The zero-order valence-corrected chi connectivity index (χ0v) is 11.8. The molecular weight excluding hydrogens is 276 g/mol. The van der Waals surface area contributed by atoms with Crippen molar-refractivity contribution in [3.05, 3.63) is 39.4 Å². The van der Waals surface area contributed by atoms with Crippen LogP contribution in [0.5, 0.6) is 0 Å². The molecule has 2 N–H and O–H groups in total. The van der Waals surface area contributed by atoms with E-state index >= 15 is 0 Å². The van der Waals surface area contributed by atoms with Crippen molar-refractivity contribution < 1.29 is 14.4 Å². The summed E-state index contributed by atoms with van der Waals surface area (Å²) in [7, 11) is 0. The van der Waals surface area contributed by atoms with E-state index in [-0.39, 0.29) is 12.5 Å². The number of amides is 1. The van der Waals surface area contributed by atoms with Crippen LogP contribution < -0.4 is 5.32 Å². The average Bonchev–Trinajstić information content (AvgIpc) is 3.05. The van der Waals surface area contributed by atoms with Gasteiger partial charge in [-0.3, -0.25) is 4.79 Å². The highest BCUT2D eigenvalue weighted by atomic mass is 32.1. The summed E-state index contributed by atoms with van der Waals surface area (Å²) < 4.78 is 4.93. The fraction of sp³-hybridized carbons (Fsp3) is 0.286. The lowest BCUT2D eigenvalue weighted by Gasteiger charge is -2.01. The fourth-order valence-electron chi connectivity index (χ4n) is 1.55. The molecule has 0 bridgehead atoms. The number of aryl methyl sites for hydroxylation is 1. The van der Waals surface area contributed by atoms with Crippen molar-refractivity contribution >= 4 is 17.2 Å². The van der Waals surface area contributed by atoms with E-state index < -0.39 is 0 Å². The maximum Gasteiger partial charge on any atom is 0.262 e. The second-order valence-electron chi connectivity index (χ2n) is 4.05. The molecule has 0 saturated carbocycles. The lowest BCUT2D eigenvalue weighted by atomic mass is 10.2. The molecule has 0 unspecified atom stereocenters. The van der Waals surface area contributed by atoms with Crippen molar-refractivity contribution in [1.29, 1.82) is 0 Å². The summed E-state index contributed by atoms with van der Waals surface area (Å²) in [6, 6.07) is 3.57. The topological polar surface area (TPSA) is 75.4 Å². The molecule has 104 valence electrons. The van der Waals surface area contributed by atoms with Gasteiger partial charge in [0.05, 0.1) is 13.2 Å². The van der Waals surface area contributed by atoms with Crippen LogP contribution in [-0.4, -0.2) is 22.8 Å². The van der Waals surface area contributed by atoms with Gasteiger partial charge in [0.25, 0.3) is 5.91 Å². The van der Waals surface area contributed by atoms with Crippen molar-refractivity contribution in [2.24, 2.45) is 0 Å². The number of aromatic nitrogens is 1. The van der Waals surface area contributed by atoms with Crippen molar-refractivity contribution in [1.82, 2.24) is 10.5 Å². The molecule has 1 amide bonds. The van der Waals surface area contributed by atoms with Crippen molar-refractivity contribution in [3.8, 4) is 11.8 Å². The second kappa shape index (κ2) is 6.89. The molecule has 2 heterocycles. The molecule has 0 spiro atoms. The van der Waals surface area contributed by atoms with Crippen molar-refractivity contribution in [3.63, 3.8) is 0 Å². The number of carbonyl (C=O) groups is 1. The minimum absolute atomic E-state index is 0.0180. The quantitative estimate of drug-likeness (QED) is 0.841. The van der Waals surface area contributed by atoms with E-state index in [2.05, 4.69) is 22.3 Å². The van der Waals surface area contributed by atoms with Gasteiger partial charge in [0.2, 0.25) is 0 Å². The smallest absolute Gasteiger partial charge is 0.262 e. The zero-order chi connectivity index (χ0) is 14.4. The molecule has 6 heteroatoms. The molecule has 2 aromatic heterocycles. The predicted octanol–water partition coefficient (Wildman–Crippen LogP) is 1.71. The molecule has 0 aromatic carbocycles. The average molecular weight is 290 g/mol. The summed E-state index contributed by atoms with van der Waals surface area (Å²) >= 11 is 1.34. The normalized spacial score (nSPS) is 9.90. The SMILES string of the molecule is Cc1cc(CNC(=O)c2sccc2C#CCCO)no1. The number of rotatable bonds is 4. The standard InChI is InChI=1S/C14H14N2O3S/c1-10-8-12(16-19-10)9-15-14(18)13-11(5-7-20-13)4-2-3-6-17/h5,7-8,17H,3,6,9H2,1H3,(H,15,18). The van der Waals surface area contributed by atoms with Gasteiger partial charge in [0, 0.05) is 18.1 Å². The molecule has 0 fully saturated rings. The van der Waals surface area contributed by atoms with E-state index in [1.807, 2.05) is 5.38 Å². The Labute approximate surface area is 120 Å². The van der Waals surface area contributed by atoms with Crippen LogP contribution in [0.3, 0.4) is 0 Å². The second-order valence-corrected chi connectivity index (χ2v) is 4.97. The number of carbonyl (C=O) groups excluding carboxylic acids is 1. The van der Waals surface area contributed by atoms with Gasteiger partial charge in [-0.05, 0) is 18.4 Å². The van der Waals surface area contributed by atoms with Gasteiger partial charge in [-0.15, -0.1) is 11.3 Å². The number of nitrogens with zero attached hydrogens (tertiary/aromatic N) is 1. The Kier molecular flexibility index (Phi) is 4.93. The number of hydrogen-bond acceptors (Lipinski definition) is 5. The van der Waals surface area contributed by atoms with E-state index in [1.54, 1.807) is 19.1 Å². The third kappa shape index (κ3) is 3.70. The first kappa shape index (κ1) is 14.3. The minimum Gasteiger partial charge on any atom is -0.395 e. The summed E-state index contributed by atoms with van der Waals surface area (Å²) in [6.45, 7) is 2.13. The number of aliphatic hydroxyl groups excluding tert-OH is 1. The van der Waals surface area contributed by atoms with Gasteiger partial charge in [0.1, 0.15) is 16.3 Å². The van der Waals surface area contributed by atoms with E-state index in [1.165, 1.54) is 11.3 Å². The Bertz CT molecular complexity index is 649. The maximum atomic E-state index is 12.1. The highest BCUT2D eigenvalue weighted by Gasteiger charge is 2.12. The maximum absolute atomic E-state index is 12.1. The third-order valence-corrected chi connectivity index (χ3v) is 3.35. The Morgan fingerprint density at radius 3 is 3.15 bits per heavy atom. The van der Waals surface area contributed by atoms with Crippen LogP contribution in [0, 0.1) is 18.8 Å². The number of aliphatic hydroxyl groups is 1. The third-order valence-electron chi connectivity index (χ3n) is 2.44. The number of nitrogens with one attached hydrogen (secondary N) is 1. The largest absolute Gasteiger partial charge is 0.395 e. The molecular formula is C14H14N2O3S. The summed E-state index contributed by atoms with van der Waals surface area (Å²) in [4.78, 5) is 12.6. The first-order valence-corrected chi connectivity index (χ1v) is 6.96. The molecule has 0 aliphatic rings. The zero-order valence-electron chi connectivity index (χ0n) is 11.0. The highest BCUT2D eigenvalue weighted by Crippen LogP contribution is 2.16. The van der Waals surface area contributed by atoms with Crippen molar-refractivity contribution in [2.45, 2.75) is 19.9 Å². The molecule has 0 aliphatic heterocycles. The van der Waals surface area contributed by atoms with Crippen LogP contribution >= 0.6 is 11.3 Å². The summed E-state index contributed by atoms with van der Waals surface area (Å²) in [5, 5.41) is 17.1. The minimum atomic E-state index is -0.186. The van der Waals surface area contributed by atoms with Gasteiger partial charge in [-0.25, -0.2) is 0 Å². The molecule has 0 atom stereocenters. The lowest BCUT2D eigenvalue weighted by Crippen LogP contribution is -2.22. The van der Waals surface area contributed by atoms with E-state index in [4.69, 9.17) is 9.63 Å². The predicted molar refractivity (Wildman–Crippen MR) is 75.3 cm³/mol. The monoisotopic (exact) mass is 290 g/mol. The van der Waals surface area contributed by atoms with Gasteiger partial charge >= 0.3 is 0 Å². The summed E-state index contributed by atoms with van der Waals surface area (Å²) in [6.07, 6.45) is 0.398. The van der Waals surface area contributed by atoms with Crippen LogP contribution in [0.15, 0.2) is 22.0 Å². The molecule has 0 radical (unpaired) electrons. The lowest BCUT2D eigenvalue weighted by molar-refractivity contribution is 0.0954. The Hall–Kier alpha value is -2.10. The van der Waals surface area contributed by atoms with Gasteiger partial charge in [-0.2, -0.15) is 0 Å². The fourth-order valence-corrected chi connectivity index (χ4v) is 2.31. The highest BCUT2D eigenvalue weighted by molar-refractivity contribution is 7.12. The molecule has 2 aromatic rings. The van der Waals surface area contributed by atoms with Gasteiger partial charge in [0.15, 0.2) is 0 Å². The molecule has 5 nitrogen and oxygen atoms in total. The van der Waals surface area contributed by atoms with Crippen LogP contribution in [0.2, 0.25) is 0 Å². The Morgan fingerprint density at radius 2 is 2.45 bits per heavy atom. The first-order valence-electron chi connectivity index (χ1n) is 6.08. The molecule has 0 aliphatic carbocycles. The van der Waals surface area contributed by atoms with Crippen LogP contribution in [0.1, 0.15) is 33.1 Å². The van der Waals surface area contributed by atoms with Gasteiger partial charge < -0.3 is 14.9 Å².